The Morgan fingerprint density at radius 2 is 1.70 bits per heavy atom. The third-order valence-electron chi connectivity index (χ3n) is 3.63. The van der Waals surface area contributed by atoms with E-state index in [4.69, 9.17) is 0 Å². The molecule has 4 nitrogen and oxygen atoms in total. The summed E-state index contributed by atoms with van der Waals surface area (Å²) in [6, 6.07) is 20.4. The van der Waals surface area contributed by atoms with Crippen molar-refractivity contribution in [1.82, 2.24) is 0 Å². The van der Waals surface area contributed by atoms with E-state index < -0.39 is 4.92 Å². The van der Waals surface area contributed by atoms with Gasteiger partial charge in [-0.3, -0.25) is 10.1 Å². The van der Waals surface area contributed by atoms with Gasteiger partial charge in [0.1, 0.15) is 6.07 Å². The highest BCUT2D eigenvalue weighted by molar-refractivity contribution is 5.93. The van der Waals surface area contributed by atoms with Crippen LogP contribution in [0.25, 0.3) is 22.9 Å². The molecule has 0 saturated carbocycles. The molecule has 0 saturated heterocycles. The number of nitrogens with zero attached hydrogens (tertiary/aromatic N) is 2. The second-order valence-corrected chi connectivity index (χ2v) is 5.04. The first-order valence-corrected chi connectivity index (χ1v) is 7.03. The first kappa shape index (κ1) is 14.5. The van der Waals surface area contributed by atoms with Crippen LogP contribution in [0.2, 0.25) is 0 Å². The molecule has 0 radical (unpaired) electrons. The van der Waals surface area contributed by atoms with Crippen LogP contribution in [-0.4, -0.2) is 4.92 Å². The highest BCUT2D eigenvalue weighted by Crippen LogP contribution is 2.23. The number of rotatable bonds is 3. The summed E-state index contributed by atoms with van der Waals surface area (Å²) in [6.45, 7) is 0. The van der Waals surface area contributed by atoms with E-state index in [0.717, 1.165) is 16.3 Å². The standard InChI is InChI=1S/C19H12N2O2/c20-13-17-12-18(21(22)23)11-10-14(17)8-9-16-6-3-5-15-4-1-2-7-19(15)16/h1-12H/b9-8+. The fraction of sp³-hybridized carbons (Fsp3) is 0. The van der Waals surface area contributed by atoms with Gasteiger partial charge in [-0.2, -0.15) is 5.26 Å². The molecule has 3 aromatic carbocycles. The van der Waals surface area contributed by atoms with E-state index in [1.165, 1.54) is 12.1 Å². The molecule has 0 aromatic heterocycles. The molecule has 0 spiro atoms. The second-order valence-electron chi connectivity index (χ2n) is 5.04. The van der Waals surface area contributed by atoms with Gasteiger partial charge in [-0.1, -0.05) is 54.6 Å². The highest BCUT2D eigenvalue weighted by Gasteiger charge is 2.09. The Labute approximate surface area is 133 Å². The summed E-state index contributed by atoms with van der Waals surface area (Å²) >= 11 is 0. The average Bonchev–Trinajstić information content (AvgIpc) is 2.59. The van der Waals surface area contributed by atoms with Gasteiger partial charge in [0, 0.05) is 12.1 Å². The smallest absolute Gasteiger partial charge is 0.258 e. The van der Waals surface area contributed by atoms with Crippen molar-refractivity contribution < 1.29 is 4.92 Å². The highest BCUT2D eigenvalue weighted by atomic mass is 16.6. The first-order chi connectivity index (χ1) is 11.2. The minimum atomic E-state index is -0.501. The van der Waals surface area contributed by atoms with E-state index in [9.17, 15) is 15.4 Å². The third-order valence-corrected chi connectivity index (χ3v) is 3.63. The second kappa shape index (κ2) is 6.12. The lowest BCUT2D eigenvalue weighted by Gasteiger charge is -2.02. The molecule has 0 aliphatic heterocycles. The zero-order valence-electron chi connectivity index (χ0n) is 12.1. The molecule has 0 aliphatic rings. The molecule has 3 aromatic rings. The number of nitriles is 1. The van der Waals surface area contributed by atoms with Crippen LogP contribution in [-0.2, 0) is 0 Å². The van der Waals surface area contributed by atoms with Crippen LogP contribution >= 0.6 is 0 Å². The van der Waals surface area contributed by atoms with Gasteiger partial charge in [0.2, 0.25) is 0 Å². The number of nitro benzene ring substituents is 1. The van der Waals surface area contributed by atoms with Crippen molar-refractivity contribution in [1.29, 1.82) is 5.26 Å². The van der Waals surface area contributed by atoms with Crippen LogP contribution < -0.4 is 0 Å². The molecule has 110 valence electrons. The van der Waals surface area contributed by atoms with Crippen molar-refractivity contribution in [3.8, 4) is 6.07 Å². The Morgan fingerprint density at radius 3 is 2.48 bits per heavy atom. The predicted octanol–water partition coefficient (Wildman–Crippen LogP) is 4.79. The molecule has 23 heavy (non-hydrogen) atoms. The van der Waals surface area contributed by atoms with Crippen molar-refractivity contribution in [3.63, 3.8) is 0 Å². The summed E-state index contributed by atoms with van der Waals surface area (Å²) in [5, 5.41) is 22.2. The van der Waals surface area contributed by atoms with Crippen LogP contribution in [0.1, 0.15) is 16.7 Å². The maximum atomic E-state index is 10.8. The number of benzene rings is 3. The maximum absolute atomic E-state index is 10.8. The Morgan fingerprint density at radius 1 is 0.957 bits per heavy atom. The lowest BCUT2D eigenvalue weighted by atomic mass is 10.0. The third kappa shape index (κ3) is 2.94. The van der Waals surface area contributed by atoms with Crippen LogP contribution in [0, 0.1) is 21.4 Å². The summed E-state index contributed by atoms with van der Waals surface area (Å²) in [6.07, 6.45) is 3.73. The SMILES string of the molecule is N#Cc1cc([N+](=O)[O-])ccc1/C=C/c1cccc2ccccc12. The van der Waals surface area contributed by atoms with Gasteiger partial charge < -0.3 is 0 Å². The van der Waals surface area contributed by atoms with Gasteiger partial charge >= 0.3 is 0 Å². The number of hydrogen-bond acceptors (Lipinski definition) is 3. The molecule has 0 unspecified atom stereocenters. The Hall–Kier alpha value is -3.45. The average molecular weight is 300 g/mol. The van der Waals surface area contributed by atoms with Crippen molar-refractivity contribution in [2.24, 2.45) is 0 Å². The summed E-state index contributed by atoms with van der Waals surface area (Å²) in [7, 11) is 0. The number of hydrogen-bond donors (Lipinski definition) is 0. The molecule has 0 atom stereocenters. The van der Waals surface area contributed by atoms with Gasteiger partial charge in [-0.25, -0.2) is 0 Å². The van der Waals surface area contributed by atoms with E-state index in [0.29, 0.717) is 5.56 Å². The Kier molecular flexibility index (Phi) is 3.86. The summed E-state index contributed by atoms with van der Waals surface area (Å²) < 4.78 is 0. The van der Waals surface area contributed by atoms with Crippen molar-refractivity contribution >= 4 is 28.6 Å². The van der Waals surface area contributed by atoms with Crippen LogP contribution in [0.5, 0.6) is 0 Å². The predicted molar refractivity (Wildman–Crippen MR) is 90.7 cm³/mol. The fourth-order valence-corrected chi connectivity index (χ4v) is 2.48. The van der Waals surface area contributed by atoms with E-state index in [-0.39, 0.29) is 11.3 Å². The van der Waals surface area contributed by atoms with Crippen molar-refractivity contribution in [3.05, 3.63) is 87.5 Å². The van der Waals surface area contributed by atoms with Gasteiger partial charge in [-0.05, 0) is 28.0 Å². The largest absolute Gasteiger partial charge is 0.270 e. The molecule has 4 heteroatoms. The molecule has 0 N–H and O–H groups in total. The maximum Gasteiger partial charge on any atom is 0.270 e. The molecule has 0 heterocycles. The Balaban J connectivity index is 2.03. The van der Waals surface area contributed by atoms with Crippen molar-refractivity contribution in [2.45, 2.75) is 0 Å². The molecule has 0 bridgehead atoms. The van der Waals surface area contributed by atoms with E-state index in [2.05, 4.69) is 0 Å². The zero-order chi connectivity index (χ0) is 16.2. The normalized spacial score (nSPS) is 10.7. The number of fused-ring (bicyclic) bond motifs is 1. The molecule has 0 amide bonds. The van der Waals surface area contributed by atoms with Crippen LogP contribution in [0.15, 0.2) is 60.7 Å². The van der Waals surface area contributed by atoms with Gasteiger partial charge in [-0.15, -0.1) is 0 Å². The lowest BCUT2D eigenvalue weighted by molar-refractivity contribution is -0.384. The Bertz CT molecular complexity index is 963. The molecular weight excluding hydrogens is 288 g/mol. The molecule has 0 fully saturated rings. The molecular formula is C19H12N2O2. The quantitative estimate of drug-likeness (QED) is 0.397. The van der Waals surface area contributed by atoms with E-state index in [1.807, 2.05) is 60.7 Å². The summed E-state index contributed by atoms with van der Waals surface area (Å²) in [5.74, 6) is 0. The van der Waals surface area contributed by atoms with Crippen molar-refractivity contribution in [2.75, 3.05) is 0 Å². The van der Waals surface area contributed by atoms with Gasteiger partial charge in [0.05, 0.1) is 10.5 Å². The fourth-order valence-electron chi connectivity index (χ4n) is 2.48. The first-order valence-electron chi connectivity index (χ1n) is 7.03. The molecule has 3 rings (SSSR count). The van der Waals surface area contributed by atoms with E-state index in [1.54, 1.807) is 6.07 Å². The van der Waals surface area contributed by atoms with Gasteiger partial charge in [0.25, 0.3) is 5.69 Å². The molecule has 0 aliphatic carbocycles. The number of nitro groups is 1. The zero-order valence-corrected chi connectivity index (χ0v) is 12.1. The minimum absolute atomic E-state index is 0.0798. The lowest BCUT2D eigenvalue weighted by Crippen LogP contribution is -1.90. The van der Waals surface area contributed by atoms with Crippen LogP contribution in [0.3, 0.4) is 0 Å². The van der Waals surface area contributed by atoms with Crippen LogP contribution in [0.4, 0.5) is 5.69 Å². The monoisotopic (exact) mass is 300 g/mol. The topological polar surface area (TPSA) is 66.9 Å². The number of non-ortho nitro benzene ring substituents is 1. The minimum Gasteiger partial charge on any atom is -0.258 e. The van der Waals surface area contributed by atoms with Gasteiger partial charge in [0.15, 0.2) is 0 Å². The summed E-state index contributed by atoms with van der Waals surface area (Å²) in [5.41, 5.74) is 1.90. The van der Waals surface area contributed by atoms with E-state index >= 15 is 0 Å². The summed E-state index contributed by atoms with van der Waals surface area (Å²) in [4.78, 5) is 10.3.